The van der Waals surface area contributed by atoms with Gasteiger partial charge in [-0.05, 0) is 31.5 Å². The quantitative estimate of drug-likeness (QED) is 0.816. The van der Waals surface area contributed by atoms with Crippen molar-refractivity contribution in [2.75, 3.05) is 12.8 Å². The molecule has 0 fully saturated rings. The maximum absolute atomic E-state index is 11.8. The maximum Gasteiger partial charge on any atom is 0.232 e. The molecular formula is C13H20N2OS. The van der Waals surface area contributed by atoms with E-state index >= 15 is 0 Å². The third-order valence-corrected chi connectivity index (χ3v) is 3.64. The molecular weight excluding hydrogens is 232 g/mol. The fourth-order valence-corrected chi connectivity index (χ4v) is 2.20. The van der Waals surface area contributed by atoms with Crippen LogP contribution in [-0.4, -0.2) is 29.6 Å². The second-order valence-electron chi connectivity index (χ2n) is 4.24. The molecule has 0 aromatic heterocycles. The van der Waals surface area contributed by atoms with Crippen molar-refractivity contribution >= 4 is 17.7 Å². The van der Waals surface area contributed by atoms with Crippen molar-refractivity contribution in [2.24, 2.45) is 5.73 Å². The van der Waals surface area contributed by atoms with Gasteiger partial charge in [-0.1, -0.05) is 12.1 Å². The van der Waals surface area contributed by atoms with Crippen molar-refractivity contribution in [3.63, 3.8) is 0 Å². The minimum atomic E-state index is 0.156. The summed E-state index contributed by atoms with van der Waals surface area (Å²) in [6.07, 6.45) is 0. The number of amides is 1. The van der Waals surface area contributed by atoms with Crippen molar-refractivity contribution in [1.82, 2.24) is 4.90 Å². The highest BCUT2D eigenvalue weighted by molar-refractivity contribution is 8.00. The number of hydrogen-bond donors (Lipinski definition) is 1. The predicted octanol–water partition coefficient (Wildman–Crippen LogP) is 2.10. The van der Waals surface area contributed by atoms with Gasteiger partial charge in [0.05, 0.1) is 5.75 Å². The third-order valence-electron chi connectivity index (χ3n) is 2.66. The molecule has 0 heterocycles. The van der Waals surface area contributed by atoms with Gasteiger partial charge in [0, 0.05) is 24.5 Å². The van der Waals surface area contributed by atoms with Crippen LogP contribution in [0.4, 0.5) is 0 Å². The Morgan fingerprint density at radius 3 is 2.76 bits per heavy atom. The van der Waals surface area contributed by atoms with Gasteiger partial charge >= 0.3 is 0 Å². The summed E-state index contributed by atoms with van der Waals surface area (Å²) in [4.78, 5) is 14.7. The van der Waals surface area contributed by atoms with Crippen molar-refractivity contribution in [2.45, 2.75) is 31.3 Å². The summed E-state index contributed by atoms with van der Waals surface area (Å²) >= 11 is 1.56. The van der Waals surface area contributed by atoms with Gasteiger partial charge in [0.2, 0.25) is 5.91 Å². The average Bonchev–Trinajstić information content (AvgIpc) is 2.35. The molecule has 1 aromatic carbocycles. The minimum Gasteiger partial charge on any atom is -0.343 e. The first kappa shape index (κ1) is 14.1. The Morgan fingerprint density at radius 2 is 2.18 bits per heavy atom. The third kappa shape index (κ3) is 4.40. The largest absolute Gasteiger partial charge is 0.343 e. The van der Waals surface area contributed by atoms with Gasteiger partial charge < -0.3 is 10.6 Å². The van der Waals surface area contributed by atoms with Crippen LogP contribution in [0, 0.1) is 0 Å². The highest BCUT2D eigenvalue weighted by Crippen LogP contribution is 2.19. The predicted molar refractivity (Wildman–Crippen MR) is 73.0 cm³/mol. The van der Waals surface area contributed by atoms with Crippen LogP contribution < -0.4 is 5.73 Å². The van der Waals surface area contributed by atoms with E-state index in [1.165, 1.54) is 0 Å². The van der Waals surface area contributed by atoms with Crippen LogP contribution in [0.3, 0.4) is 0 Å². The van der Waals surface area contributed by atoms with Crippen molar-refractivity contribution < 1.29 is 4.79 Å². The first-order valence-corrected chi connectivity index (χ1v) is 6.70. The molecule has 0 saturated heterocycles. The molecule has 0 saturated carbocycles. The van der Waals surface area contributed by atoms with Gasteiger partial charge in [0.1, 0.15) is 0 Å². The fourth-order valence-electron chi connectivity index (χ4n) is 1.30. The second-order valence-corrected chi connectivity index (χ2v) is 5.29. The number of nitrogens with two attached hydrogens (primary N) is 1. The maximum atomic E-state index is 11.8. The Bertz CT molecular complexity index is 379. The fraction of sp³-hybridized carbons (Fsp3) is 0.462. The average molecular weight is 252 g/mol. The van der Waals surface area contributed by atoms with E-state index < -0.39 is 0 Å². The number of carbonyl (C=O) groups is 1. The van der Waals surface area contributed by atoms with E-state index in [1.54, 1.807) is 16.7 Å². The normalized spacial score (nSPS) is 10.6. The zero-order valence-electron chi connectivity index (χ0n) is 10.6. The molecule has 1 rings (SSSR count). The van der Waals surface area contributed by atoms with E-state index in [1.807, 2.05) is 45.2 Å². The summed E-state index contributed by atoms with van der Waals surface area (Å²) < 4.78 is 0. The molecule has 0 aliphatic rings. The molecule has 0 spiro atoms. The molecule has 1 aromatic rings. The summed E-state index contributed by atoms with van der Waals surface area (Å²) in [5, 5.41) is 0. The van der Waals surface area contributed by atoms with E-state index in [2.05, 4.69) is 0 Å². The van der Waals surface area contributed by atoms with Crippen LogP contribution in [0.1, 0.15) is 19.4 Å². The lowest BCUT2D eigenvalue weighted by atomic mass is 10.2. The standard InChI is InChI=1S/C13H20N2OS/c1-10(2)15(3)13(16)9-17-12-6-4-5-11(7-12)8-14/h4-7,10H,8-9,14H2,1-3H3. The summed E-state index contributed by atoms with van der Waals surface area (Å²) in [6, 6.07) is 8.26. The molecule has 94 valence electrons. The van der Waals surface area contributed by atoms with Crippen molar-refractivity contribution in [3.05, 3.63) is 29.8 Å². The summed E-state index contributed by atoms with van der Waals surface area (Å²) in [6.45, 7) is 4.56. The molecule has 0 unspecified atom stereocenters. The van der Waals surface area contributed by atoms with Crippen LogP contribution in [0.5, 0.6) is 0 Å². The monoisotopic (exact) mass is 252 g/mol. The molecule has 3 nitrogen and oxygen atoms in total. The number of nitrogens with zero attached hydrogens (tertiary/aromatic N) is 1. The summed E-state index contributed by atoms with van der Waals surface area (Å²) in [7, 11) is 1.84. The number of thioether (sulfide) groups is 1. The van der Waals surface area contributed by atoms with Crippen LogP contribution in [0.25, 0.3) is 0 Å². The van der Waals surface area contributed by atoms with Gasteiger partial charge in [-0.25, -0.2) is 0 Å². The summed E-state index contributed by atoms with van der Waals surface area (Å²) in [5.41, 5.74) is 6.68. The highest BCUT2D eigenvalue weighted by Gasteiger charge is 2.11. The molecule has 0 atom stereocenters. The number of rotatable bonds is 5. The van der Waals surface area contributed by atoms with Gasteiger partial charge in [-0.2, -0.15) is 0 Å². The molecule has 1 amide bonds. The molecule has 4 heteroatoms. The van der Waals surface area contributed by atoms with Gasteiger partial charge in [0.15, 0.2) is 0 Å². The second kappa shape index (κ2) is 6.67. The van der Waals surface area contributed by atoms with Gasteiger partial charge in [-0.15, -0.1) is 11.8 Å². The van der Waals surface area contributed by atoms with Crippen LogP contribution in [-0.2, 0) is 11.3 Å². The number of hydrogen-bond acceptors (Lipinski definition) is 3. The smallest absolute Gasteiger partial charge is 0.232 e. The topological polar surface area (TPSA) is 46.3 Å². The lowest BCUT2D eigenvalue weighted by molar-refractivity contribution is -0.128. The Balaban J connectivity index is 2.52. The van der Waals surface area contributed by atoms with E-state index in [0.29, 0.717) is 12.3 Å². The first-order valence-electron chi connectivity index (χ1n) is 5.72. The molecule has 0 aliphatic heterocycles. The molecule has 17 heavy (non-hydrogen) atoms. The lowest BCUT2D eigenvalue weighted by Crippen LogP contribution is -2.34. The number of carbonyl (C=O) groups excluding carboxylic acids is 1. The Morgan fingerprint density at radius 1 is 1.47 bits per heavy atom. The zero-order chi connectivity index (χ0) is 12.8. The Kier molecular flexibility index (Phi) is 5.51. The summed E-state index contributed by atoms with van der Waals surface area (Å²) in [5.74, 6) is 0.631. The van der Waals surface area contributed by atoms with Gasteiger partial charge in [0.25, 0.3) is 0 Å². The van der Waals surface area contributed by atoms with Crippen LogP contribution in [0.2, 0.25) is 0 Å². The van der Waals surface area contributed by atoms with E-state index in [4.69, 9.17) is 5.73 Å². The Labute approximate surface area is 107 Å². The van der Waals surface area contributed by atoms with E-state index in [9.17, 15) is 4.79 Å². The van der Waals surface area contributed by atoms with Crippen LogP contribution >= 0.6 is 11.8 Å². The number of benzene rings is 1. The first-order chi connectivity index (χ1) is 8.04. The van der Waals surface area contributed by atoms with Crippen molar-refractivity contribution in [1.29, 1.82) is 0 Å². The highest BCUT2D eigenvalue weighted by atomic mass is 32.2. The van der Waals surface area contributed by atoms with Crippen LogP contribution in [0.15, 0.2) is 29.2 Å². The molecule has 2 N–H and O–H groups in total. The SMILES string of the molecule is CC(C)N(C)C(=O)CSc1cccc(CN)c1. The Hall–Kier alpha value is -1.00. The lowest BCUT2D eigenvalue weighted by Gasteiger charge is -2.21. The van der Waals surface area contributed by atoms with Gasteiger partial charge in [-0.3, -0.25) is 4.79 Å². The molecule has 0 aliphatic carbocycles. The minimum absolute atomic E-state index is 0.156. The van der Waals surface area contributed by atoms with Crippen molar-refractivity contribution in [3.8, 4) is 0 Å². The molecule has 0 bridgehead atoms. The molecule has 0 radical (unpaired) electrons. The van der Waals surface area contributed by atoms with E-state index in [-0.39, 0.29) is 11.9 Å². The zero-order valence-corrected chi connectivity index (χ0v) is 11.5. The van der Waals surface area contributed by atoms with E-state index in [0.717, 1.165) is 10.5 Å².